The SMILES string of the molecule is CON(C)S(=O)(=O)c1ccc(C(=O)N[C@H]2CCCc3ccccc32)cc1. The molecule has 0 aromatic heterocycles. The van der Waals surface area contributed by atoms with E-state index in [1.54, 1.807) is 0 Å². The number of rotatable bonds is 5. The van der Waals surface area contributed by atoms with Gasteiger partial charge in [-0.2, -0.15) is 0 Å². The molecule has 7 heteroatoms. The summed E-state index contributed by atoms with van der Waals surface area (Å²) in [4.78, 5) is 17.4. The predicted molar refractivity (Wildman–Crippen MR) is 98.0 cm³/mol. The lowest BCUT2D eigenvalue weighted by Crippen LogP contribution is -2.31. The Bertz CT molecular complexity index is 894. The Morgan fingerprint density at radius 2 is 1.85 bits per heavy atom. The number of sulfonamides is 1. The summed E-state index contributed by atoms with van der Waals surface area (Å²) in [7, 11) is -1.12. The molecule has 3 rings (SSSR count). The van der Waals surface area contributed by atoms with Gasteiger partial charge in [0.1, 0.15) is 0 Å². The second kappa shape index (κ2) is 7.57. The van der Waals surface area contributed by atoms with Gasteiger partial charge < -0.3 is 5.32 Å². The van der Waals surface area contributed by atoms with Crippen LogP contribution in [0.3, 0.4) is 0 Å². The van der Waals surface area contributed by atoms with Crippen LogP contribution in [0.25, 0.3) is 0 Å². The van der Waals surface area contributed by atoms with Gasteiger partial charge in [-0.1, -0.05) is 28.7 Å². The average Bonchev–Trinajstić information content (AvgIpc) is 2.67. The summed E-state index contributed by atoms with van der Waals surface area (Å²) in [5.41, 5.74) is 2.85. The van der Waals surface area contributed by atoms with Crippen molar-refractivity contribution in [2.24, 2.45) is 0 Å². The van der Waals surface area contributed by atoms with E-state index in [1.807, 2.05) is 12.1 Å². The van der Waals surface area contributed by atoms with E-state index in [2.05, 4.69) is 17.4 Å². The number of carbonyl (C=O) groups is 1. The lowest BCUT2D eigenvalue weighted by atomic mass is 9.87. The van der Waals surface area contributed by atoms with Crippen molar-refractivity contribution in [1.82, 2.24) is 9.79 Å². The maximum Gasteiger partial charge on any atom is 0.264 e. The van der Waals surface area contributed by atoms with E-state index in [1.165, 1.54) is 44.0 Å². The van der Waals surface area contributed by atoms with Crippen LogP contribution in [0.1, 0.15) is 40.4 Å². The monoisotopic (exact) mass is 374 g/mol. The molecule has 1 aliphatic carbocycles. The van der Waals surface area contributed by atoms with Gasteiger partial charge in [-0.25, -0.2) is 8.42 Å². The van der Waals surface area contributed by atoms with E-state index in [-0.39, 0.29) is 16.8 Å². The third kappa shape index (κ3) is 3.65. The van der Waals surface area contributed by atoms with Crippen LogP contribution in [-0.2, 0) is 21.3 Å². The molecule has 0 saturated carbocycles. The fraction of sp³-hybridized carbons (Fsp3) is 0.316. The lowest BCUT2D eigenvalue weighted by molar-refractivity contribution is -0.0258. The van der Waals surface area contributed by atoms with Crippen molar-refractivity contribution in [2.75, 3.05) is 14.2 Å². The van der Waals surface area contributed by atoms with Crippen molar-refractivity contribution in [3.8, 4) is 0 Å². The summed E-state index contributed by atoms with van der Waals surface area (Å²) in [5.74, 6) is -0.212. The molecule has 0 bridgehead atoms. The molecule has 1 aliphatic rings. The third-order valence-corrected chi connectivity index (χ3v) is 6.38. The Balaban J connectivity index is 1.76. The van der Waals surface area contributed by atoms with Gasteiger partial charge in [-0.15, -0.1) is 0 Å². The first kappa shape index (κ1) is 18.6. The molecule has 138 valence electrons. The third-order valence-electron chi connectivity index (χ3n) is 4.68. The number of nitrogens with one attached hydrogen (secondary N) is 1. The van der Waals surface area contributed by atoms with Gasteiger partial charge in [0.05, 0.1) is 18.0 Å². The van der Waals surface area contributed by atoms with E-state index in [0.717, 1.165) is 29.3 Å². The summed E-state index contributed by atoms with van der Waals surface area (Å²) in [6.45, 7) is 0. The number of nitrogens with zero attached hydrogens (tertiary/aromatic N) is 1. The van der Waals surface area contributed by atoms with Crippen LogP contribution in [0.2, 0.25) is 0 Å². The lowest BCUT2D eigenvalue weighted by Gasteiger charge is -2.26. The molecule has 1 atom stereocenters. The van der Waals surface area contributed by atoms with Crippen molar-refractivity contribution in [2.45, 2.75) is 30.2 Å². The largest absolute Gasteiger partial charge is 0.345 e. The maximum atomic E-state index is 12.6. The van der Waals surface area contributed by atoms with Crippen molar-refractivity contribution in [3.63, 3.8) is 0 Å². The van der Waals surface area contributed by atoms with Crippen molar-refractivity contribution in [3.05, 3.63) is 65.2 Å². The maximum absolute atomic E-state index is 12.6. The Hall–Kier alpha value is -2.22. The zero-order valence-corrected chi connectivity index (χ0v) is 15.6. The second-order valence-electron chi connectivity index (χ2n) is 6.24. The highest BCUT2D eigenvalue weighted by Gasteiger charge is 2.23. The van der Waals surface area contributed by atoms with Crippen LogP contribution in [0.15, 0.2) is 53.4 Å². The minimum Gasteiger partial charge on any atom is -0.345 e. The first-order chi connectivity index (χ1) is 12.4. The van der Waals surface area contributed by atoms with Gasteiger partial charge >= 0.3 is 0 Å². The number of benzene rings is 2. The van der Waals surface area contributed by atoms with Crippen LogP contribution in [0.4, 0.5) is 0 Å². The molecule has 0 fully saturated rings. The Labute approximate surface area is 153 Å². The molecule has 0 unspecified atom stereocenters. The van der Waals surface area contributed by atoms with Gasteiger partial charge in [-0.05, 0) is 54.7 Å². The molecule has 1 amide bonds. The van der Waals surface area contributed by atoms with E-state index in [0.29, 0.717) is 5.56 Å². The normalized spacial score (nSPS) is 17.0. The molecule has 1 N–H and O–H groups in total. The van der Waals surface area contributed by atoms with Gasteiger partial charge in [0.15, 0.2) is 0 Å². The quantitative estimate of drug-likeness (QED) is 0.817. The highest BCUT2D eigenvalue weighted by molar-refractivity contribution is 7.89. The molecular weight excluding hydrogens is 352 g/mol. The van der Waals surface area contributed by atoms with Gasteiger partial charge in [0.2, 0.25) is 0 Å². The summed E-state index contributed by atoms with van der Waals surface area (Å²) in [6, 6.07) is 14.0. The van der Waals surface area contributed by atoms with E-state index >= 15 is 0 Å². The highest BCUT2D eigenvalue weighted by Crippen LogP contribution is 2.29. The van der Waals surface area contributed by atoms with Crippen LogP contribution in [0, 0.1) is 0 Å². The number of carbonyl (C=O) groups excluding carboxylic acids is 1. The zero-order valence-electron chi connectivity index (χ0n) is 14.8. The number of amides is 1. The van der Waals surface area contributed by atoms with E-state index in [4.69, 9.17) is 4.84 Å². The predicted octanol–water partition coefficient (Wildman–Crippen LogP) is 2.68. The van der Waals surface area contributed by atoms with Crippen LogP contribution in [0.5, 0.6) is 0 Å². The molecule has 0 heterocycles. The minimum absolute atomic E-state index is 0.0181. The summed E-state index contributed by atoms with van der Waals surface area (Å²) in [5, 5.41) is 3.06. The topological polar surface area (TPSA) is 75.7 Å². The number of hydroxylamine groups is 1. The molecule has 0 aliphatic heterocycles. The zero-order chi connectivity index (χ0) is 18.7. The molecule has 6 nitrogen and oxygen atoms in total. The summed E-state index contributed by atoms with van der Waals surface area (Å²) < 4.78 is 25.2. The van der Waals surface area contributed by atoms with Crippen molar-refractivity contribution in [1.29, 1.82) is 0 Å². The molecule has 2 aromatic carbocycles. The van der Waals surface area contributed by atoms with Gasteiger partial charge in [0, 0.05) is 12.6 Å². The van der Waals surface area contributed by atoms with E-state index in [9.17, 15) is 13.2 Å². The molecule has 0 saturated heterocycles. The number of hydrogen-bond acceptors (Lipinski definition) is 4. The fourth-order valence-electron chi connectivity index (χ4n) is 3.17. The fourth-order valence-corrected chi connectivity index (χ4v) is 4.14. The van der Waals surface area contributed by atoms with Crippen molar-refractivity contribution < 1.29 is 18.0 Å². The summed E-state index contributed by atoms with van der Waals surface area (Å²) >= 11 is 0. The molecule has 0 spiro atoms. The Morgan fingerprint density at radius 1 is 1.15 bits per heavy atom. The number of aryl methyl sites for hydroxylation is 1. The van der Waals surface area contributed by atoms with Crippen LogP contribution >= 0.6 is 0 Å². The molecule has 2 aromatic rings. The first-order valence-electron chi connectivity index (χ1n) is 8.45. The first-order valence-corrected chi connectivity index (χ1v) is 9.89. The highest BCUT2D eigenvalue weighted by atomic mass is 32.2. The Kier molecular flexibility index (Phi) is 5.41. The van der Waals surface area contributed by atoms with Gasteiger partial charge in [-0.3, -0.25) is 9.63 Å². The second-order valence-corrected chi connectivity index (χ2v) is 8.17. The molecule has 26 heavy (non-hydrogen) atoms. The van der Waals surface area contributed by atoms with E-state index < -0.39 is 10.0 Å². The number of fused-ring (bicyclic) bond motifs is 1. The van der Waals surface area contributed by atoms with Crippen LogP contribution < -0.4 is 5.32 Å². The molecular formula is C19H22N2O4S. The van der Waals surface area contributed by atoms with Gasteiger partial charge in [0.25, 0.3) is 15.9 Å². The summed E-state index contributed by atoms with van der Waals surface area (Å²) in [6.07, 6.45) is 2.96. The Morgan fingerprint density at radius 3 is 2.54 bits per heavy atom. The average molecular weight is 374 g/mol. The van der Waals surface area contributed by atoms with Crippen LogP contribution in [-0.4, -0.2) is 33.0 Å². The number of hydrogen-bond donors (Lipinski definition) is 1. The minimum atomic E-state index is -3.72. The smallest absolute Gasteiger partial charge is 0.264 e. The van der Waals surface area contributed by atoms with Crippen molar-refractivity contribution >= 4 is 15.9 Å². The molecule has 0 radical (unpaired) electrons. The standard InChI is InChI=1S/C19H22N2O4S/c1-21(25-2)26(23,24)16-12-10-15(11-13-16)19(22)20-18-9-5-7-14-6-3-4-8-17(14)18/h3-4,6,8,10-13,18H,5,7,9H2,1-2H3,(H,20,22)/t18-/m0/s1.